The lowest BCUT2D eigenvalue weighted by molar-refractivity contribution is -0.118. The number of carbonyl (C=O) groups is 1. The van der Waals surface area contributed by atoms with Gasteiger partial charge in [-0.15, -0.1) is 16.8 Å². The van der Waals surface area contributed by atoms with Crippen LogP contribution < -0.4 is 10.1 Å². The van der Waals surface area contributed by atoms with Gasteiger partial charge >= 0.3 is 0 Å². The summed E-state index contributed by atoms with van der Waals surface area (Å²) in [7, 11) is 0. The van der Waals surface area contributed by atoms with Crippen molar-refractivity contribution in [3.05, 3.63) is 67.3 Å². The monoisotopic (exact) mass is 383 g/mol. The molecule has 0 fully saturated rings. The second-order valence-corrected chi connectivity index (χ2v) is 7.42. The number of nitrogens with one attached hydrogen (secondary N) is 1. The van der Waals surface area contributed by atoms with Crippen LogP contribution in [0.15, 0.2) is 71.6 Å². The molecule has 0 unspecified atom stereocenters. The van der Waals surface area contributed by atoms with Crippen LogP contribution in [-0.4, -0.2) is 28.5 Å². The molecule has 0 spiro atoms. The summed E-state index contributed by atoms with van der Waals surface area (Å²) < 4.78 is 6.51. The Morgan fingerprint density at radius 3 is 2.73 bits per heavy atom. The minimum Gasteiger partial charge on any atom is -0.483 e. The number of hydrogen-bond acceptors (Lipinski definition) is 6. The van der Waals surface area contributed by atoms with E-state index in [1.165, 1.54) is 23.1 Å². The average molecular weight is 383 g/mol. The van der Waals surface area contributed by atoms with Crippen molar-refractivity contribution in [2.75, 3.05) is 17.7 Å². The van der Waals surface area contributed by atoms with Crippen molar-refractivity contribution in [2.45, 2.75) is 4.34 Å². The minimum atomic E-state index is -0.274. The fraction of sp³-hybridized carbons (Fsp3) is 0.105. The van der Waals surface area contributed by atoms with Crippen molar-refractivity contribution in [1.29, 1.82) is 0 Å². The molecule has 3 rings (SSSR count). The zero-order valence-electron chi connectivity index (χ0n) is 13.9. The molecule has 132 valence electrons. The van der Waals surface area contributed by atoms with Gasteiger partial charge in [0.15, 0.2) is 10.9 Å². The number of amides is 1. The molecule has 0 aliphatic carbocycles. The quantitative estimate of drug-likeness (QED) is 0.352. The van der Waals surface area contributed by atoms with Gasteiger partial charge in [-0.3, -0.25) is 10.1 Å². The molecule has 5 nitrogen and oxygen atoms in total. The summed E-state index contributed by atoms with van der Waals surface area (Å²) in [6.45, 7) is 3.56. The highest BCUT2D eigenvalue weighted by Gasteiger charge is 2.11. The maximum atomic E-state index is 12.1. The number of hydrogen-bond donors (Lipinski definition) is 1. The topological polar surface area (TPSA) is 64.1 Å². The van der Waals surface area contributed by atoms with Gasteiger partial charge in [0, 0.05) is 11.3 Å². The van der Waals surface area contributed by atoms with E-state index in [-0.39, 0.29) is 12.5 Å². The second kappa shape index (κ2) is 9.17. The zero-order valence-corrected chi connectivity index (χ0v) is 15.6. The number of anilines is 1. The van der Waals surface area contributed by atoms with Crippen LogP contribution in [0.25, 0.3) is 11.1 Å². The van der Waals surface area contributed by atoms with Gasteiger partial charge in [-0.05, 0) is 11.6 Å². The molecule has 0 aliphatic heterocycles. The Morgan fingerprint density at radius 2 is 1.92 bits per heavy atom. The molecule has 3 aromatic rings. The highest BCUT2D eigenvalue weighted by molar-refractivity contribution is 8.01. The summed E-state index contributed by atoms with van der Waals surface area (Å²) in [5.74, 6) is 1.14. The fourth-order valence-electron chi connectivity index (χ4n) is 2.20. The van der Waals surface area contributed by atoms with Crippen LogP contribution in [0.5, 0.6) is 5.75 Å². The van der Waals surface area contributed by atoms with Crippen LogP contribution in [0.2, 0.25) is 0 Å². The van der Waals surface area contributed by atoms with Crippen molar-refractivity contribution in [2.24, 2.45) is 0 Å². The molecule has 0 atom stereocenters. The number of benzene rings is 2. The Labute approximate surface area is 160 Å². The highest BCUT2D eigenvalue weighted by Crippen LogP contribution is 2.29. The summed E-state index contributed by atoms with van der Waals surface area (Å²) in [5, 5.41) is 11.1. The van der Waals surface area contributed by atoms with Crippen molar-refractivity contribution in [1.82, 2.24) is 10.2 Å². The number of rotatable bonds is 8. The number of aromatic nitrogens is 2. The normalized spacial score (nSPS) is 10.3. The zero-order chi connectivity index (χ0) is 18.2. The van der Waals surface area contributed by atoms with E-state index < -0.39 is 0 Å². The summed E-state index contributed by atoms with van der Waals surface area (Å²) >= 11 is 2.85. The molecule has 0 radical (unpaired) electrons. The van der Waals surface area contributed by atoms with Gasteiger partial charge in [-0.2, -0.15) is 0 Å². The number of thioether (sulfide) groups is 1. The lowest BCUT2D eigenvalue weighted by atomic mass is 10.1. The second-order valence-electron chi connectivity index (χ2n) is 5.17. The first-order chi connectivity index (χ1) is 12.8. The number of ether oxygens (including phenoxy) is 1. The highest BCUT2D eigenvalue weighted by atomic mass is 32.2. The van der Waals surface area contributed by atoms with Gasteiger partial charge in [0.25, 0.3) is 5.91 Å². The number of carbonyl (C=O) groups excluding carboxylic acids is 1. The SMILES string of the molecule is C=CCSc1nnc(NC(=O)COc2ccccc2-c2ccccc2)s1. The maximum Gasteiger partial charge on any atom is 0.264 e. The lowest BCUT2D eigenvalue weighted by Crippen LogP contribution is -2.20. The third-order valence-corrected chi connectivity index (χ3v) is 5.28. The van der Waals surface area contributed by atoms with E-state index in [1.54, 1.807) is 6.08 Å². The Balaban J connectivity index is 1.60. The van der Waals surface area contributed by atoms with Crippen molar-refractivity contribution in [3.8, 4) is 16.9 Å². The Kier molecular flexibility index (Phi) is 6.40. The number of para-hydroxylation sites is 1. The average Bonchev–Trinajstić information content (AvgIpc) is 3.13. The molecule has 0 bridgehead atoms. The fourth-order valence-corrected chi connectivity index (χ4v) is 3.73. The minimum absolute atomic E-state index is 0.0986. The first-order valence-corrected chi connectivity index (χ1v) is 9.71. The summed E-state index contributed by atoms with van der Waals surface area (Å²) in [4.78, 5) is 12.1. The largest absolute Gasteiger partial charge is 0.483 e. The van der Waals surface area contributed by atoms with Gasteiger partial charge in [-0.1, -0.05) is 77.7 Å². The Hall–Kier alpha value is -2.64. The number of nitrogens with zero attached hydrogens (tertiary/aromatic N) is 2. The third-order valence-electron chi connectivity index (χ3n) is 3.31. The van der Waals surface area contributed by atoms with Gasteiger partial charge in [0.05, 0.1) is 0 Å². The van der Waals surface area contributed by atoms with Crippen LogP contribution in [0.4, 0.5) is 5.13 Å². The van der Waals surface area contributed by atoms with E-state index in [4.69, 9.17) is 4.74 Å². The van der Waals surface area contributed by atoms with Crippen LogP contribution in [0.3, 0.4) is 0 Å². The molecule has 2 aromatic carbocycles. The van der Waals surface area contributed by atoms with Crippen molar-refractivity contribution >= 4 is 34.1 Å². The molecule has 0 saturated carbocycles. The smallest absolute Gasteiger partial charge is 0.264 e. The van der Waals surface area contributed by atoms with E-state index in [1.807, 2.05) is 54.6 Å². The molecular formula is C19H17N3O2S2. The molecule has 26 heavy (non-hydrogen) atoms. The molecule has 0 aliphatic rings. The van der Waals surface area contributed by atoms with Crippen LogP contribution in [0, 0.1) is 0 Å². The predicted molar refractivity (Wildman–Crippen MR) is 107 cm³/mol. The summed E-state index contributed by atoms with van der Waals surface area (Å²) in [6, 6.07) is 17.6. The standard InChI is InChI=1S/C19H17N3O2S2/c1-2-12-25-19-22-21-18(26-19)20-17(23)13-24-16-11-7-6-10-15(16)14-8-4-3-5-9-14/h2-11H,1,12-13H2,(H,20,21,23). The third kappa shape index (κ3) is 4.93. The van der Waals surface area contributed by atoms with E-state index in [2.05, 4.69) is 22.1 Å². The molecule has 1 amide bonds. The van der Waals surface area contributed by atoms with Gasteiger partial charge in [0.2, 0.25) is 5.13 Å². The molecular weight excluding hydrogens is 366 g/mol. The van der Waals surface area contributed by atoms with Crippen LogP contribution in [0.1, 0.15) is 0 Å². The van der Waals surface area contributed by atoms with E-state index in [0.29, 0.717) is 10.9 Å². The van der Waals surface area contributed by atoms with Crippen LogP contribution in [-0.2, 0) is 4.79 Å². The van der Waals surface area contributed by atoms with Gasteiger partial charge in [0.1, 0.15) is 5.75 Å². The molecule has 1 N–H and O–H groups in total. The molecule has 7 heteroatoms. The summed E-state index contributed by atoms with van der Waals surface area (Å²) in [6.07, 6.45) is 1.79. The van der Waals surface area contributed by atoms with E-state index in [9.17, 15) is 4.79 Å². The van der Waals surface area contributed by atoms with Gasteiger partial charge in [-0.25, -0.2) is 0 Å². The summed E-state index contributed by atoms with van der Waals surface area (Å²) in [5.41, 5.74) is 1.98. The molecule has 0 saturated heterocycles. The van der Waals surface area contributed by atoms with E-state index in [0.717, 1.165) is 21.2 Å². The lowest BCUT2D eigenvalue weighted by Gasteiger charge is -2.11. The first kappa shape index (κ1) is 18.2. The van der Waals surface area contributed by atoms with Crippen molar-refractivity contribution < 1.29 is 9.53 Å². The van der Waals surface area contributed by atoms with E-state index >= 15 is 0 Å². The Morgan fingerprint density at radius 1 is 1.15 bits per heavy atom. The van der Waals surface area contributed by atoms with Crippen molar-refractivity contribution in [3.63, 3.8) is 0 Å². The van der Waals surface area contributed by atoms with Crippen LogP contribution >= 0.6 is 23.1 Å². The molecule has 1 aromatic heterocycles. The maximum absolute atomic E-state index is 12.1. The Bertz CT molecular complexity index is 881. The van der Waals surface area contributed by atoms with Gasteiger partial charge < -0.3 is 4.74 Å². The molecule has 1 heterocycles. The predicted octanol–water partition coefficient (Wildman–Crippen LogP) is 4.50. The first-order valence-electron chi connectivity index (χ1n) is 7.90.